The van der Waals surface area contributed by atoms with Gasteiger partial charge in [-0.1, -0.05) is 72.8 Å². The van der Waals surface area contributed by atoms with Crippen LogP contribution in [0.15, 0.2) is 91.0 Å². The molecule has 2 atom stereocenters. The van der Waals surface area contributed by atoms with Crippen LogP contribution >= 0.6 is 0 Å². The van der Waals surface area contributed by atoms with Gasteiger partial charge in [0.2, 0.25) is 11.8 Å². The molecule has 0 radical (unpaired) electrons. The molecule has 0 saturated carbocycles. The topological polar surface area (TPSA) is 92.6 Å². The first kappa shape index (κ1) is 23.5. The first-order valence-corrected chi connectivity index (χ1v) is 12.2. The highest BCUT2D eigenvalue weighted by Gasteiger charge is 2.48. The number of fused-ring (bicyclic) bond motifs is 1. The quantitative estimate of drug-likeness (QED) is 0.193. The molecule has 0 bridgehead atoms. The third-order valence-corrected chi connectivity index (χ3v) is 7.10. The van der Waals surface area contributed by atoms with Crippen LogP contribution in [-0.4, -0.2) is 23.3 Å². The van der Waals surface area contributed by atoms with Crippen molar-refractivity contribution in [1.29, 1.82) is 0 Å². The van der Waals surface area contributed by atoms with E-state index in [9.17, 15) is 19.7 Å². The summed E-state index contributed by atoms with van der Waals surface area (Å²) in [5.74, 6) is -1.19. The van der Waals surface area contributed by atoms with E-state index >= 15 is 0 Å². The highest BCUT2D eigenvalue weighted by Crippen LogP contribution is 2.40. The second-order valence-electron chi connectivity index (χ2n) is 9.22. The van der Waals surface area contributed by atoms with Crippen molar-refractivity contribution in [3.63, 3.8) is 0 Å². The largest absolute Gasteiger partial charge is 0.379 e. The predicted molar refractivity (Wildman–Crippen MR) is 139 cm³/mol. The Labute approximate surface area is 209 Å². The number of benzene rings is 3. The fourth-order valence-corrected chi connectivity index (χ4v) is 5.26. The number of rotatable bonds is 8. The maximum Gasteiger partial charge on any atom is 0.294 e. The van der Waals surface area contributed by atoms with Gasteiger partial charge in [-0.2, -0.15) is 0 Å². The number of carbonyl (C=O) groups excluding carboxylic acids is 2. The average molecular weight is 482 g/mol. The van der Waals surface area contributed by atoms with Crippen molar-refractivity contribution in [3.8, 4) is 0 Å². The van der Waals surface area contributed by atoms with Crippen LogP contribution < -0.4 is 10.2 Å². The molecule has 2 amide bonds. The van der Waals surface area contributed by atoms with E-state index in [1.165, 1.54) is 17.2 Å². The van der Waals surface area contributed by atoms with Gasteiger partial charge in [0.05, 0.1) is 22.4 Å². The van der Waals surface area contributed by atoms with E-state index in [1.54, 1.807) is 12.1 Å². The lowest BCUT2D eigenvalue weighted by Crippen LogP contribution is -2.30. The molecule has 3 aromatic carbocycles. The number of allylic oxidation sites excluding steroid dienone is 2. The van der Waals surface area contributed by atoms with Gasteiger partial charge < -0.3 is 5.32 Å². The number of carbonyl (C=O) groups is 2. The number of nitrogens with one attached hydrogen (secondary N) is 1. The minimum Gasteiger partial charge on any atom is -0.379 e. The molecule has 0 spiro atoms. The summed E-state index contributed by atoms with van der Waals surface area (Å²) in [5.41, 5.74) is 2.82. The highest BCUT2D eigenvalue weighted by molar-refractivity contribution is 6.22. The van der Waals surface area contributed by atoms with Gasteiger partial charge in [0.1, 0.15) is 5.69 Å². The molecule has 1 aliphatic heterocycles. The molecule has 7 nitrogen and oxygen atoms in total. The number of amides is 2. The van der Waals surface area contributed by atoms with Gasteiger partial charge in [0.25, 0.3) is 5.69 Å². The summed E-state index contributed by atoms with van der Waals surface area (Å²) in [6.45, 7) is 0.506. The van der Waals surface area contributed by atoms with Crippen LogP contribution in [0.5, 0.6) is 0 Å². The SMILES string of the molecule is O=C1[C@H]2CC=CC[C@@H]2C(=O)N1c1ccc(NCCC(c2ccccc2)c2ccccc2)c([N+](=O)[O-])c1. The van der Waals surface area contributed by atoms with E-state index < -0.39 is 4.92 Å². The predicted octanol–water partition coefficient (Wildman–Crippen LogP) is 5.68. The lowest BCUT2D eigenvalue weighted by Gasteiger charge is -2.19. The number of hydrogen-bond acceptors (Lipinski definition) is 5. The van der Waals surface area contributed by atoms with E-state index in [4.69, 9.17) is 0 Å². The first-order chi connectivity index (χ1) is 17.5. The Balaban J connectivity index is 1.35. The van der Waals surface area contributed by atoms with Gasteiger partial charge in [-0.3, -0.25) is 19.7 Å². The van der Waals surface area contributed by atoms with Crippen LogP contribution in [0.3, 0.4) is 0 Å². The molecule has 0 aromatic heterocycles. The van der Waals surface area contributed by atoms with E-state index in [1.807, 2.05) is 48.6 Å². The van der Waals surface area contributed by atoms with E-state index in [0.29, 0.717) is 25.1 Å². The molecule has 1 heterocycles. The average Bonchev–Trinajstić information content (AvgIpc) is 3.17. The van der Waals surface area contributed by atoms with E-state index in [-0.39, 0.29) is 40.9 Å². The highest BCUT2D eigenvalue weighted by atomic mass is 16.6. The Morgan fingerprint density at radius 3 is 1.94 bits per heavy atom. The zero-order valence-corrected chi connectivity index (χ0v) is 19.7. The second kappa shape index (κ2) is 10.2. The van der Waals surface area contributed by atoms with Crippen molar-refractivity contribution in [2.24, 2.45) is 11.8 Å². The normalized spacial score (nSPS) is 19.0. The Morgan fingerprint density at radius 2 is 1.42 bits per heavy atom. The van der Waals surface area contributed by atoms with Gasteiger partial charge in [-0.05, 0) is 42.5 Å². The molecule has 3 aromatic rings. The summed E-state index contributed by atoms with van der Waals surface area (Å²) in [6.07, 6.45) is 5.62. The van der Waals surface area contributed by atoms with Crippen LogP contribution in [0.2, 0.25) is 0 Å². The van der Waals surface area contributed by atoms with Crippen LogP contribution in [0.1, 0.15) is 36.3 Å². The number of hydrogen-bond donors (Lipinski definition) is 1. The number of nitrogens with zero attached hydrogens (tertiary/aromatic N) is 2. The summed E-state index contributed by atoms with van der Waals surface area (Å²) < 4.78 is 0. The molecule has 0 unspecified atom stereocenters. The molecule has 1 fully saturated rings. The van der Waals surface area contributed by atoms with Gasteiger partial charge in [0, 0.05) is 18.5 Å². The molecule has 182 valence electrons. The maximum absolute atomic E-state index is 12.9. The van der Waals surface area contributed by atoms with Crippen molar-refractivity contribution < 1.29 is 14.5 Å². The van der Waals surface area contributed by atoms with Crippen LogP contribution in [-0.2, 0) is 9.59 Å². The lowest BCUT2D eigenvalue weighted by atomic mass is 9.85. The van der Waals surface area contributed by atoms with Crippen LogP contribution in [0, 0.1) is 22.0 Å². The maximum atomic E-state index is 12.9. The zero-order chi connectivity index (χ0) is 25.1. The van der Waals surface area contributed by atoms with Crippen molar-refractivity contribution in [2.45, 2.75) is 25.2 Å². The molecule has 5 rings (SSSR count). The standard InChI is InChI=1S/C29H27N3O4/c33-28-24-13-7-8-14-25(24)29(34)31(28)22-15-16-26(27(19-22)32(35)36)30-18-17-23(20-9-3-1-4-10-20)21-11-5-2-6-12-21/h1-12,15-16,19,23-25,30H,13-14,17-18H2/t24-,25-/m0/s1. The first-order valence-electron chi connectivity index (χ1n) is 12.2. The smallest absolute Gasteiger partial charge is 0.294 e. The number of imide groups is 1. The minimum atomic E-state index is -0.475. The molecule has 1 saturated heterocycles. The van der Waals surface area contributed by atoms with Crippen molar-refractivity contribution in [2.75, 3.05) is 16.8 Å². The molecular formula is C29H27N3O4. The molecule has 2 aliphatic rings. The number of nitro benzene ring substituents is 1. The lowest BCUT2D eigenvalue weighted by molar-refractivity contribution is -0.383. The van der Waals surface area contributed by atoms with Gasteiger partial charge in [-0.15, -0.1) is 0 Å². The molecule has 1 N–H and O–H groups in total. The Morgan fingerprint density at radius 1 is 0.861 bits per heavy atom. The molecular weight excluding hydrogens is 454 g/mol. The van der Waals surface area contributed by atoms with Crippen molar-refractivity contribution >= 4 is 28.9 Å². The molecule has 1 aliphatic carbocycles. The monoisotopic (exact) mass is 481 g/mol. The Hall–Kier alpha value is -4.26. The summed E-state index contributed by atoms with van der Waals surface area (Å²) >= 11 is 0. The number of nitro groups is 1. The van der Waals surface area contributed by atoms with E-state index in [2.05, 4.69) is 29.6 Å². The Kier molecular flexibility index (Phi) is 6.62. The van der Waals surface area contributed by atoms with Crippen molar-refractivity contribution in [1.82, 2.24) is 0 Å². The van der Waals surface area contributed by atoms with Gasteiger partial charge >= 0.3 is 0 Å². The molecule has 7 heteroatoms. The fraction of sp³-hybridized carbons (Fsp3) is 0.241. The minimum absolute atomic E-state index is 0.134. The van der Waals surface area contributed by atoms with E-state index in [0.717, 1.165) is 11.3 Å². The van der Waals surface area contributed by atoms with Gasteiger partial charge in [0.15, 0.2) is 0 Å². The summed E-state index contributed by atoms with van der Waals surface area (Å²) in [4.78, 5) is 38.4. The second-order valence-corrected chi connectivity index (χ2v) is 9.22. The van der Waals surface area contributed by atoms with Crippen LogP contribution in [0.25, 0.3) is 0 Å². The Bertz CT molecular complexity index is 1240. The summed E-state index contributed by atoms with van der Waals surface area (Å²) in [5, 5.41) is 15.1. The third kappa shape index (κ3) is 4.52. The molecule has 36 heavy (non-hydrogen) atoms. The van der Waals surface area contributed by atoms with Crippen molar-refractivity contribution in [3.05, 3.63) is 112 Å². The number of anilines is 2. The zero-order valence-electron chi connectivity index (χ0n) is 19.7. The fourth-order valence-electron chi connectivity index (χ4n) is 5.26. The van der Waals surface area contributed by atoms with Gasteiger partial charge in [-0.25, -0.2) is 4.90 Å². The van der Waals surface area contributed by atoms with Crippen LogP contribution in [0.4, 0.5) is 17.1 Å². The third-order valence-electron chi connectivity index (χ3n) is 7.10. The summed E-state index contributed by atoms with van der Waals surface area (Å²) in [6, 6.07) is 24.9. The summed E-state index contributed by atoms with van der Waals surface area (Å²) in [7, 11) is 0.